The number of carboxylic acid groups (broad SMARTS) is 1. The fourth-order valence-electron chi connectivity index (χ4n) is 3.09. The van der Waals surface area contributed by atoms with E-state index in [9.17, 15) is 29.4 Å². The van der Waals surface area contributed by atoms with Crippen LogP contribution in [0.25, 0.3) is 0 Å². The molecule has 0 aliphatic carbocycles. The van der Waals surface area contributed by atoms with Gasteiger partial charge in [0.1, 0.15) is 17.8 Å². The van der Waals surface area contributed by atoms with Crippen molar-refractivity contribution in [2.24, 2.45) is 17.6 Å². The van der Waals surface area contributed by atoms with Gasteiger partial charge in [-0.2, -0.15) is 0 Å². The Morgan fingerprint density at radius 3 is 2.09 bits per heavy atom. The fourth-order valence-corrected chi connectivity index (χ4v) is 3.09. The summed E-state index contributed by atoms with van der Waals surface area (Å²) in [6.45, 7) is 6.97. The molecule has 0 radical (unpaired) electrons. The lowest BCUT2D eigenvalue weighted by Crippen LogP contribution is -2.55. The summed E-state index contributed by atoms with van der Waals surface area (Å²) in [7, 11) is 0. The second-order valence-corrected chi connectivity index (χ2v) is 8.65. The third-order valence-corrected chi connectivity index (χ3v) is 5.33. The van der Waals surface area contributed by atoms with Crippen LogP contribution in [0.4, 0.5) is 0 Å². The highest BCUT2D eigenvalue weighted by molar-refractivity contribution is 5.92. The largest absolute Gasteiger partial charge is 0.508 e. The number of amides is 3. The van der Waals surface area contributed by atoms with Crippen LogP contribution >= 0.6 is 0 Å². The predicted octanol–water partition coefficient (Wildman–Crippen LogP) is 0.525. The van der Waals surface area contributed by atoms with Gasteiger partial charge in [-0.25, -0.2) is 4.79 Å². The molecule has 0 saturated carbocycles. The van der Waals surface area contributed by atoms with Gasteiger partial charge >= 0.3 is 5.97 Å². The normalized spacial score (nSPS) is 14.6. The van der Waals surface area contributed by atoms with Gasteiger partial charge in [-0.05, 0) is 36.0 Å². The number of aliphatic carboxylic acids is 1. The molecule has 7 N–H and O–H groups in total. The molecule has 0 aromatic heterocycles. The van der Waals surface area contributed by atoms with Gasteiger partial charge < -0.3 is 31.9 Å². The molecule has 4 unspecified atom stereocenters. The number of aromatic hydroxyl groups is 1. The second kappa shape index (κ2) is 13.4. The lowest BCUT2D eigenvalue weighted by atomic mass is 9.98. The van der Waals surface area contributed by atoms with E-state index in [0.29, 0.717) is 12.0 Å². The zero-order valence-electron chi connectivity index (χ0n) is 19.6. The number of carbonyl (C=O) groups is 4. The van der Waals surface area contributed by atoms with E-state index >= 15 is 0 Å². The molecule has 1 aromatic rings. The number of phenolic OH excluding ortho intramolecular Hbond substituents is 1. The standard InChI is InChI=1S/C23H36N4O6/c1-5-14(4)20(24)22(31)27-17(11-15-6-8-16(28)9-7-15)21(30)25-12-19(29)26-18(23(32)33)10-13(2)3/h6-9,13-14,17-18,20,28H,5,10-12,24H2,1-4H3,(H,25,30)(H,26,29)(H,27,31)(H,32,33). The van der Waals surface area contributed by atoms with Crippen molar-refractivity contribution in [2.45, 2.75) is 65.1 Å². The first-order valence-electron chi connectivity index (χ1n) is 11.1. The number of hydrogen-bond acceptors (Lipinski definition) is 6. The van der Waals surface area contributed by atoms with E-state index in [1.807, 2.05) is 27.7 Å². The van der Waals surface area contributed by atoms with Crippen LogP contribution in [0.3, 0.4) is 0 Å². The lowest BCUT2D eigenvalue weighted by molar-refractivity contribution is -0.142. The fraction of sp³-hybridized carbons (Fsp3) is 0.565. The molecule has 33 heavy (non-hydrogen) atoms. The van der Waals surface area contributed by atoms with Gasteiger partial charge in [0, 0.05) is 6.42 Å². The van der Waals surface area contributed by atoms with Crippen molar-refractivity contribution in [2.75, 3.05) is 6.54 Å². The maximum absolute atomic E-state index is 12.8. The number of benzene rings is 1. The summed E-state index contributed by atoms with van der Waals surface area (Å²) in [5.74, 6) is -2.88. The van der Waals surface area contributed by atoms with Crippen LogP contribution in [0.1, 0.15) is 46.1 Å². The molecule has 0 aliphatic heterocycles. The van der Waals surface area contributed by atoms with Gasteiger partial charge in [-0.1, -0.05) is 46.2 Å². The Kier molecular flexibility index (Phi) is 11.3. The topological polar surface area (TPSA) is 171 Å². The van der Waals surface area contributed by atoms with E-state index in [-0.39, 0.29) is 30.4 Å². The van der Waals surface area contributed by atoms with E-state index in [4.69, 9.17) is 5.73 Å². The van der Waals surface area contributed by atoms with Crippen molar-refractivity contribution in [3.63, 3.8) is 0 Å². The Labute approximate surface area is 194 Å². The summed E-state index contributed by atoms with van der Waals surface area (Å²) in [6.07, 6.45) is 1.05. The monoisotopic (exact) mass is 464 g/mol. The summed E-state index contributed by atoms with van der Waals surface area (Å²) in [4.78, 5) is 48.9. The van der Waals surface area contributed by atoms with E-state index in [2.05, 4.69) is 16.0 Å². The maximum atomic E-state index is 12.8. The Morgan fingerprint density at radius 2 is 1.58 bits per heavy atom. The Bertz CT molecular complexity index is 812. The molecule has 0 heterocycles. The van der Waals surface area contributed by atoms with E-state index in [1.165, 1.54) is 12.1 Å². The highest BCUT2D eigenvalue weighted by atomic mass is 16.4. The maximum Gasteiger partial charge on any atom is 0.326 e. The number of carbonyl (C=O) groups excluding carboxylic acids is 3. The summed E-state index contributed by atoms with van der Waals surface area (Å²) in [5, 5.41) is 26.2. The summed E-state index contributed by atoms with van der Waals surface area (Å²) in [6, 6.07) is 3.28. The van der Waals surface area contributed by atoms with E-state index in [1.54, 1.807) is 12.1 Å². The number of nitrogens with two attached hydrogens (primary N) is 1. The summed E-state index contributed by atoms with van der Waals surface area (Å²) in [5.41, 5.74) is 6.66. The van der Waals surface area contributed by atoms with Crippen molar-refractivity contribution in [3.05, 3.63) is 29.8 Å². The van der Waals surface area contributed by atoms with Gasteiger partial charge in [0.15, 0.2) is 0 Å². The van der Waals surface area contributed by atoms with Crippen molar-refractivity contribution < 1.29 is 29.4 Å². The van der Waals surface area contributed by atoms with Gasteiger partial charge in [0.25, 0.3) is 0 Å². The number of hydrogen-bond donors (Lipinski definition) is 6. The minimum absolute atomic E-state index is 0.0561. The predicted molar refractivity (Wildman–Crippen MR) is 123 cm³/mol. The van der Waals surface area contributed by atoms with Crippen LogP contribution in [0, 0.1) is 11.8 Å². The summed E-state index contributed by atoms with van der Waals surface area (Å²) < 4.78 is 0. The van der Waals surface area contributed by atoms with Crippen LogP contribution in [-0.2, 0) is 25.6 Å². The first kappa shape index (κ1) is 27.9. The summed E-state index contributed by atoms with van der Waals surface area (Å²) >= 11 is 0. The molecule has 4 atom stereocenters. The van der Waals surface area contributed by atoms with Gasteiger partial charge in [-0.15, -0.1) is 0 Å². The molecule has 10 nitrogen and oxygen atoms in total. The minimum Gasteiger partial charge on any atom is -0.508 e. The van der Waals surface area contributed by atoms with Gasteiger partial charge in [0.05, 0.1) is 12.6 Å². The molecule has 1 aromatic carbocycles. The van der Waals surface area contributed by atoms with Gasteiger partial charge in [0.2, 0.25) is 17.7 Å². The first-order chi connectivity index (χ1) is 15.4. The molecule has 0 spiro atoms. The molecule has 184 valence electrons. The molecule has 0 saturated heterocycles. The van der Waals surface area contributed by atoms with Crippen LogP contribution in [0.2, 0.25) is 0 Å². The quantitative estimate of drug-likeness (QED) is 0.247. The minimum atomic E-state index is -1.15. The smallest absolute Gasteiger partial charge is 0.326 e. The Morgan fingerprint density at radius 1 is 0.970 bits per heavy atom. The molecule has 1 rings (SSSR count). The van der Waals surface area contributed by atoms with Crippen molar-refractivity contribution in [3.8, 4) is 5.75 Å². The molecule has 0 bridgehead atoms. The number of phenols is 1. The molecule has 0 aliphatic rings. The third kappa shape index (κ3) is 9.90. The Hall–Kier alpha value is -3.14. The van der Waals surface area contributed by atoms with E-state index in [0.717, 1.165) is 0 Å². The second-order valence-electron chi connectivity index (χ2n) is 8.65. The molecular formula is C23H36N4O6. The zero-order valence-corrected chi connectivity index (χ0v) is 19.6. The Balaban J connectivity index is 2.85. The SMILES string of the molecule is CCC(C)C(N)C(=O)NC(Cc1ccc(O)cc1)C(=O)NCC(=O)NC(CC(C)C)C(=O)O. The average molecular weight is 465 g/mol. The van der Waals surface area contributed by atoms with Crippen molar-refractivity contribution in [1.29, 1.82) is 0 Å². The molecule has 0 fully saturated rings. The number of rotatable bonds is 13. The molecular weight excluding hydrogens is 428 g/mol. The van der Waals surface area contributed by atoms with Crippen LogP contribution < -0.4 is 21.7 Å². The van der Waals surface area contributed by atoms with Crippen LogP contribution in [-0.4, -0.2) is 58.6 Å². The zero-order chi connectivity index (χ0) is 25.1. The van der Waals surface area contributed by atoms with E-state index < -0.39 is 48.4 Å². The number of carboxylic acids is 1. The lowest BCUT2D eigenvalue weighted by Gasteiger charge is -2.23. The van der Waals surface area contributed by atoms with Crippen molar-refractivity contribution in [1.82, 2.24) is 16.0 Å². The number of nitrogens with one attached hydrogen (secondary N) is 3. The van der Waals surface area contributed by atoms with Crippen LogP contribution in [0.15, 0.2) is 24.3 Å². The van der Waals surface area contributed by atoms with Crippen LogP contribution in [0.5, 0.6) is 5.75 Å². The van der Waals surface area contributed by atoms with Gasteiger partial charge in [-0.3, -0.25) is 14.4 Å². The first-order valence-corrected chi connectivity index (χ1v) is 11.1. The molecule has 3 amide bonds. The van der Waals surface area contributed by atoms with Crippen molar-refractivity contribution >= 4 is 23.7 Å². The highest BCUT2D eigenvalue weighted by Gasteiger charge is 2.27. The molecule has 10 heteroatoms. The highest BCUT2D eigenvalue weighted by Crippen LogP contribution is 2.12. The third-order valence-electron chi connectivity index (χ3n) is 5.33. The average Bonchev–Trinajstić information content (AvgIpc) is 2.76.